The lowest BCUT2D eigenvalue weighted by atomic mass is 10.3. The van der Waals surface area contributed by atoms with Gasteiger partial charge in [0.05, 0.1) is 0 Å². The van der Waals surface area contributed by atoms with Gasteiger partial charge in [0, 0.05) is 24.6 Å². The van der Waals surface area contributed by atoms with E-state index in [-0.39, 0.29) is 10.6 Å². The summed E-state index contributed by atoms with van der Waals surface area (Å²) in [5.41, 5.74) is 1.15. The van der Waals surface area contributed by atoms with Crippen molar-refractivity contribution in [3.05, 3.63) is 48.3 Å². The van der Waals surface area contributed by atoms with Gasteiger partial charge in [-0.05, 0) is 36.4 Å². The Morgan fingerprint density at radius 1 is 1.15 bits per heavy atom. The zero-order valence-electron chi connectivity index (χ0n) is 10.7. The van der Waals surface area contributed by atoms with Crippen molar-refractivity contribution in [1.29, 1.82) is 5.26 Å². The number of hydrogen-bond acceptors (Lipinski definition) is 5. The normalized spacial score (nSPS) is 10.6. The molecule has 2 aromatic rings. The van der Waals surface area contributed by atoms with Crippen LogP contribution in [0.1, 0.15) is 5.69 Å². The summed E-state index contributed by atoms with van der Waals surface area (Å²) in [6.07, 6.45) is 1.37. The van der Waals surface area contributed by atoms with Crippen molar-refractivity contribution in [3.8, 4) is 6.07 Å². The van der Waals surface area contributed by atoms with Crippen LogP contribution in [0.4, 0.5) is 11.4 Å². The smallest absolute Gasteiger partial charge is 0.264 e. The first-order chi connectivity index (χ1) is 9.56. The van der Waals surface area contributed by atoms with Crippen LogP contribution in [0.3, 0.4) is 0 Å². The molecule has 102 valence electrons. The SMILES string of the molecule is CNc1ccc(NS(=O)(=O)c2cccnc2C#N)cc1. The zero-order valence-corrected chi connectivity index (χ0v) is 11.5. The second kappa shape index (κ2) is 5.59. The molecule has 1 aromatic carbocycles. The Morgan fingerprint density at radius 3 is 2.40 bits per heavy atom. The molecule has 0 amide bonds. The number of nitrogens with one attached hydrogen (secondary N) is 2. The van der Waals surface area contributed by atoms with Gasteiger partial charge in [0.1, 0.15) is 11.0 Å². The summed E-state index contributed by atoms with van der Waals surface area (Å²) in [4.78, 5) is 3.60. The third kappa shape index (κ3) is 2.87. The van der Waals surface area contributed by atoms with Crippen molar-refractivity contribution in [2.24, 2.45) is 0 Å². The lowest BCUT2D eigenvalue weighted by Gasteiger charge is -2.09. The summed E-state index contributed by atoms with van der Waals surface area (Å²) in [6, 6.07) is 11.3. The van der Waals surface area contributed by atoms with Gasteiger partial charge in [-0.1, -0.05) is 0 Å². The van der Waals surface area contributed by atoms with E-state index in [0.29, 0.717) is 5.69 Å². The van der Waals surface area contributed by atoms with E-state index in [1.807, 2.05) is 0 Å². The maximum absolute atomic E-state index is 12.2. The van der Waals surface area contributed by atoms with E-state index in [1.165, 1.54) is 18.3 Å². The highest BCUT2D eigenvalue weighted by atomic mass is 32.2. The third-order valence-corrected chi connectivity index (χ3v) is 4.00. The molecule has 2 rings (SSSR count). The van der Waals surface area contributed by atoms with Crippen molar-refractivity contribution in [2.75, 3.05) is 17.1 Å². The maximum atomic E-state index is 12.2. The molecule has 0 saturated heterocycles. The number of pyridine rings is 1. The van der Waals surface area contributed by atoms with Gasteiger partial charge in [0.15, 0.2) is 5.69 Å². The minimum absolute atomic E-state index is 0.133. The summed E-state index contributed by atoms with van der Waals surface area (Å²) < 4.78 is 26.8. The fourth-order valence-corrected chi connectivity index (χ4v) is 2.77. The van der Waals surface area contributed by atoms with E-state index in [2.05, 4.69) is 15.0 Å². The number of benzene rings is 1. The molecular weight excluding hydrogens is 276 g/mol. The molecule has 0 fully saturated rings. The van der Waals surface area contributed by atoms with Crippen molar-refractivity contribution in [1.82, 2.24) is 4.98 Å². The Hall–Kier alpha value is -2.59. The molecule has 20 heavy (non-hydrogen) atoms. The van der Waals surface area contributed by atoms with Crippen molar-refractivity contribution < 1.29 is 8.42 Å². The molecule has 0 radical (unpaired) electrons. The summed E-state index contributed by atoms with van der Waals surface area (Å²) in [6.45, 7) is 0. The summed E-state index contributed by atoms with van der Waals surface area (Å²) >= 11 is 0. The standard InChI is InChI=1S/C13H12N4O2S/c1-15-10-4-6-11(7-5-10)17-20(18,19)13-3-2-8-16-12(13)9-14/h2-8,15,17H,1H3. The molecule has 0 aliphatic rings. The number of hydrogen-bond donors (Lipinski definition) is 2. The van der Waals surface area contributed by atoms with E-state index in [0.717, 1.165) is 5.69 Å². The predicted octanol–water partition coefficient (Wildman–Crippen LogP) is 1.80. The number of anilines is 2. The third-order valence-electron chi connectivity index (χ3n) is 2.59. The average Bonchev–Trinajstić information content (AvgIpc) is 2.47. The molecule has 6 nitrogen and oxygen atoms in total. The van der Waals surface area contributed by atoms with Crippen LogP contribution in [0.15, 0.2) is 47.5 Å². The first-order valence-electron chi connectivity index (χ1n) is 5.72. The highest BCUT2D eigenvalue weighted by Crippen LogP contribution is 2.19. The van der Waals surface area contributed by atoms with Gasteiger partial charge in [-0.3, -0.25) is 4.72 Å². The van der Waals surface area contributed by atoms with Crippen LogP contribution in [0.25, 0.3) is 0 Å². The second-order valence-corrected chi connectivity index (χ2v) is 5.55. The lowest BCUT2D eigenvalue weighted by Crippen LogP contribution is -2.15. The van der Waals surface area contributed by atoms with Gasteiger partial charge < -0.3 is 5.32 Å². The molecule has 0 spiro atoms. The molecule has 0 aliphatic carbocycles. The van der Waals surface area contributed by atoms with Crippen molar-refractivity contribution in [2.45, 2.75) is 4.90 Å². The number of aromatic nitrogens is 1. The fourth-order valence-electron chi connectivity index (χ4n) is 1.61. The van der Waals surface area contributed by atoms with Crippen molar-refractivity contribution in [3.63, 3.8) is 0 Å². The number of rotatable bonds is 4. The number of nitrogens with zero attached hydrogens (tertiary/aromatic N) is 2. The van der Waals surface area contributed by atoms with E-state index < -0.39 is 10.0 Å². The maximum Gasteiger partial charge on any atom is 0.264 e. The molecule has 0 aliphatic heterocycles. The van der Waals surface area contributed by atoms with E-state index in [9.17, 15) is 8.42 Å². The average molecular weight is 288 g/mol. The molecule has 1 aromatic heterocycles. The molecule has 0 atom stereocenters. The predicted molar refractivity (Wildman–Crippen MR) is 75.7 cm³/mol. The van der Waals surface area contributed by atoms with Crippen LogP contribution >= 0.6 is 0 Å². The monoisotopic (exact) mass is 288 g/mol. The van der Waals surface area contributed by atoms with Crippen molar-refractivity contribution >= 4 is 21.4 Å². The molecule has 1 heterocycles. The van der Waals surface area contributed by atoms with Crippen LogP contribution < -0.4 is 10.0 Å². The zero-order chi connectivity index (χ0) is 14.6. The Bertz CT molecular complexity index is 749. The van der Waals surface area contributed by atoms with Gasteiger partial charge >= 0.3 is 0 Å². The second-order valence-electron chi connectivity index (χ2n) is 3.89. The molecule has 0 unspecified atom stereocenters. The topological polar surface area (TPSA) is 94.9 Å². The van der Waals surface area contributed by atoms with Gasteiger partial charge in [-0.15, -0.1) is 0 Å². The summed E-state index contributed by atoms with van der Waals surface area (Å²) in [7, 11) is -2.06. The van der Waals surface area contributed by atoms with E-state index in [1.54, 1.807) is 37.4 Å². The summed E-state index contributed by atoms with van der Waals surface area (Å²) in [5.74, 6) is 0. The van der Waals surface area contributed by atoms with Crippen LogP contribution in [0.2, 0.25) is 0 Å². The van der Waals surface area contributed by atoms with Gasteiger partial charge in [-0.2, -0.15) is 5.26 Å². The fraction of sp³-hybridized carbons (Fsp3) is 0.0769. The molecule has 2 N–H and O–H groups in total. The molecular formula is C13H12N4O2S. The molecule has 0 bridgehead atoms. The lowest BCUT2D eigenvalue weighted by molar-refractivity contribution is 0.600. The quantitative estimate of drug-likeness (QED) is 0.894. The minimum atomic E-state index is -3.83. The van der Waals surface area contributed by atoms with Gasteiger partial charge in [0.25, 0.3) is 10.0 Å². The van der Waals surface area contributed by atoms with Crippen LogP contribution in [-0.2, 0) is 10.0 Å². The van der Waals surface area contributed by atoms with Crippen LogP contribution in [0.5, 0.6) is 0 Å². The molecule has 0 saturated carbocycles. The van der Waals surface area contributed by atoms with E-state index >= 15 is 0 Å². The largest absolute Gasteiger partial charge is 0.388 e. The first-order valence-corrected chi connectivity index (χ1v) is 7.21. The molecule has 7 heteroatoms. The number of nitriles is 1. The Kier molecular flexibility index (Phi) is 3.86. The van der Waals surface area contributed by atoms with Crippen LogP contribution in [0, 0.1) is 11.3 Å². The first kappa shape index (κ1) is 13.8. The van der Waals surface area contributed by atoms with Gasteiger partial charge in [0.2, 0.25) is 0 Å². The Labute approximate surface area is 117 Å². The highest BCUT2D eigenvalue weighted by Gasteiger charge is 2.19. The highest BCUT2D eigenvalue weighted by molar-refractivity contribution is 7.92. The summed E-state index contributed by atoms with van der Waals surface area (Å²) in [5, 5.41) is 11.8. The van der Waals surface area contributed by atoms with Gasteiger partial charge in [-0.25, -0.2) is 13.4 Å². The Morgan fingerprint density at radius 2 is 1.80 bits per heavy atom. The minimum Gasteiger partial charge on any atom is -0.388 e. The number of sulfonamides is 1. The Balaban J connectivity index is 2.33. The van der Waals surface area contributed by atoms with Crippen LogP contribution in [-0.4, -0.2) is 20.4 Å². The van der Waals surface area contributed by atoms with E-state index in [4.69, 9.17) is 5.26 Å².